The maximum absolute atomic E-state index is 12.6. The van der Waals surface area contributed by atoms with Gasteiger partial charge >= 0.3 is 6.09 Å². The Kier molecular flexibility index (Phi) is 5.89. The third kappa shape index (κ3) is 4.87. The topological polar surface area (TPSA) is 93.2 Å². The highest BCUT2D eigenvalue weighted by molar-refractivity contribution is 7.13. The van der Waals surface area contributed by atoms with E-state index in [-0.39, 0.29) is 6.61 Å². The number of ether oxygens (including phenoxy) is 1. The minimum absolute atomic E-state index is 0.117. The van der Waals surface area contributed by atoms with Gasteiger partial charge in [0.15, 0.2) is 0 Å². The molecule has 7 nitrogen and oxygen atoms in total. The van der Waals surface area contributed by atoms with E-state index >= 15 is 0 Å². The first-order valence-electron chi connectivity index (χ1n) is 7.81. The van der Waals surface area contributed by atoms with Crippen LogP contribution in [-0.2, 0) is 16.1 Å². The molecular formula is C18H16N4O3S. The van der Waals surface area contributed by atoms with Crippen molar-refractivity contribution in [1.82, 2.24) is 15.5 Å². The monoisotopic (exact) mass is 368 g/mol. The summed E-state index contributed by atoms with van der Waals surface area (Å²) in [4.78, 5) is 24.7. The van der Waals surface area contributed by atoms with Gasteiger partial charge < -0.3 is 10.1 Å². The van der Waals surface area contributed by atoms with E-state index in [1.165, 1.54) is 16.8 Å². The smallest absolute Gasteiger partial charge is 0.408 e. The Morgan fingerprint density at radius 1 is 1.04 bits per heavy atom. The highest BCUT2D eigenvalue weighted by Crippen LogP contribution is 2.17. The largest absolute Gasteiger partial charge is 0.445 e. The van der Waals surface area contributed by atoms with Crippen LogP contribution in [0.25, 0.3) is 0 Å². The molecule has 0 aliphatic rings. The van der Waals surface area contributed by atoms with Crippen LogP contribution in [0.5, 0.6) is 0 Å². The molecule has 0 aliphatic carbocycles. The number of nitrogens with zero attached hydrogens (tertiary/aromatic N) is 2. The first-order valence-corrected chi connectivity index (χ1v) is 8.69. The van der Waals surface area contributed by atoms with Crippen LogP contribution >= 0.6 is 11.3 Å². The SMILES string of the molecule is O=C(NC(C(=O)Nc1nncs1)c1ccccc1)OCc1ccccc1. The molecule has 1 atom stereocenters. The van der Waals surface area contributed by atoms with Crippen LogP contribution in [0, 0.1) is 0 Å². The van der Waals surface area contributed by atoms with Crippen LogP contribution in [-0.4, -0.2) is 22.2 Å². The van der Waals surface area contributed by atoms with Crippen molar-refractivity contribution in [2.24, 2.45) is 0 Å². The molecule has 0 bridgehead atoms. The lowest BCUT2D eigenvalue weighted by Gasteiger charge is -2.18. The van der Waals surface area contributed by atoms with Crippen molar-refractivity contribution < 1.29 is 14.3 Å². The van der Waals surface area contributed by atoms with Gasteiger partial charge in [0.05, 0.1) is 0 Å². The van der Waals surface area contributed by atoms with Crippen molar-refractivity contribution >= 4 is 28.5 Å². The van der Waals surface area contributed by atoms with Gasteiger partial charge in [-0.05, 0) is 11.1 Å². The molecule has 2 amide bonds. The van der Waals surface area contributed by atoms with Crippen molar-refractivity contribution in [2.75, 3.05) is 5.32 Å². The van der Waals surface area contributed by atoms with Gasteiger partial charge in [-0.15, -0.1) is 10.2 Å². The number of anilines is 1. The van der Waals surface area contributed by atoms with Crippen molar-refractivity contribution in [3.05, 3.63) is 77.3 Å². The summed E-state index contributed by atoms with van der Waals surface area (Å²) in [6.45, 7) is 0.117. The Bertz CT molecular complexity index is 841. The van der Waals surface area contributed by atoms with E-state index in [2.05, 4.69) is 20.8 Å². The van der Waals surface area contributed by atoms with Gasteiger partial charge in [0.1, 0.15) is 18.2 Å². The van der Waals surface area contributed by atoms with Gasteiger partial charge in [0.2, 0.25) is 5.13 Å². The molecule has 1 heterocycles. The molecule has 0 radical (unpaired) electrons. The number of nitrogens with one attached hydrogen (secondary N) is 2. The maximum atomic E-state index is 12.6. The van der Waals surface area contributed by atoms with E-state index in [1.54, 1.807) is 24.3 Å². The zero-order valence-electron chi connectivity index (χ0n) is 13.7. The lowest BCUT2D eigenvalue weighted by molar-refractivity contribution is -0.118. The van der Waals surface area contributed by atoms with E-state index < -0.39 is 18.0 Å². The minimum Gasteiger partial charge on any atom is -0.445 e. The Morgan fingerprint density at radius 3 is 2.38 bits per heavy atom. The summed E-state index contributed by atoms with van der Waals surface area (Å²) >= 11 is 1.19. The molecule has 8 heteroatoms. The second-order valence-corrected chi connectivity index (χ2v) is 6.12. The number of amides is 2. The molecule has 1 unspecified atom stereocenters. The van der Waals surface area contributed by atoms with Gasteiger partial charge in [-0.25, -0.2) is 4.79 Å². The van der Waals surface area contributed by atoms with Crippen molar-refractivity contribution in [1.29, 1.82) is 0 Å². The molecule has 2 aromatic carbocycles. The molecule has 0 saturated heterocycles. The number of carbonyl (C=O) groups excluding carboxylic acids is 2. The summed E-state index contributed by atoms with van der Waals surface area (Å²) in [6, 6.07) is 17.3. The summed E-state index contributed by atoms with van der Waals surface area (Å²) in [5, 5.41) is 13.0. The molecule has 26 heavy (non-hydrogen) atoms. The number of hydrogen-bond donors (Lipinski definition) is 2. The fourth-order valence-electron chi connectivity index (χ4n) is 2.23. The third-order valence-electron chi connectivity index (χ3n) is 3.46. The molecule has 0 fully saturated rings. The number of carbonyl (C=O) groups is 2. The lowest BCUT2D eigenvalue weighted by atomic mass is 10.1. The molecule has 1 aromatic heterocycles. The first kappa shape index (κ1) is 17.6. The standard InChI is InChI=1S/C18H16N4O3S/c23-16(21-17-22-19-12-26-17)15(14-9-5-2-6-10-14)20-18(24)25-11-13-7-3-1-4-8-13/h1-10,12,15H,11H2,(H,20,24)(H,21,22,23). The highest BCUT2D eigenvalue weighted by atomic mass is 32.1. The zero-order chi connectivity index (χ0) is 18.2. The van der Waals surface area contributed by atoms with Crippen LogP contribution in [0.3, 0.4) is 0 Å². The van der Waals surface area contributed by atoms with E-state index in [0.717, 1.165) is 5.56 Å². The molecule has 0 spiro atoms. The van der Waals surface area contributed by atoms with Crippen molar-refractivity contribution in [2.45, 2.75) is 12.6 Å². The van der Waals surface area contributed by atoms with Crippen LogP contribution < -0.4 is 10.6 Å². The average Bonchev–Trinajstić information content (AvgIpc) is 3.19. The van der Waals surface area contributed by atoms with Gasteiger partial charge in [0.25, 0.3) is 5.91 Å². The van der Waals surface area contributed by atoms with E-state index in [1.807, 2.05) is 36.4 Å². The number of alkyl carbamates (subject to hydrolysis) is 1. The number of benzene rings is 2. The zero-order valence-corrected chi connectivity index (χ0v) is 14.5. The van der Waals surface area contributed by atoms with E-state index in [4.69, 9.17) is 4.74 Å². The predicted octanol–water partition coefficient (Wildman–Crippen LogP) is 3.14. The summed E-state index contributed by atoms with van der Waals surface area (Å²) in [5.74, 6) is -0.426. The van der Waals surface area contributed by atoms with Crippen LogP contribution in [0.1, 0.15) is 17.2 Å². The molecule has 132 valence electrons. The molecular weight excluding hydrogens is 352 g/mol. The molecule has 0 saturated carbocycles. The molecule has 3 aromatic rings. The number of aromatic nitrogens is 2. The minimum atomic E-state index is -0.914. The lowest BCUT2D eigenvalue weighted by Crippen LogP contribution is -2.37. The third-order valence-corrected chi connectivity index (χ3v) is 4.07. The number of hydrogen-bond acceptors (Lipinski definition) is 6. The van der Waals surface area contributed by atoms with Crippen LogP contribution in [0.2, 0.25) is 0 Å². The van der Waals surface area contributed by atoms with E-state index in [0.29, 0.717) is 10.7 Å². The number of rotatable bonds is 6. The van der Waals surface area contributed by atoms with Crippen LogP contribution in [0.4, 0.5) is 9.93 Å². The van der Waals surface area contributed by atoms with Gasteiger partial charge in [0, 0.05) is 0 Å². The Morgan fingerprint density at radius 2 is 1.73 bits per heavy atom. The van der Waals surface area contributed by atoms with Gasteiger partial charge in [-0.1, -0.05) is 72.0 Å². The fourth-order valence-corrected chi connectivity index (χ4v) is 2.68. The Labute approximate surface area is 154 Å². The fraction of sp³-hybridized carbons (Fsp3) is 0.111. The summed E-state index contributed by atoms with van der Waals surface area (Å²) in [7, 11) is 0. The highest BCUT2D eigenvalue weighted by Gasteiger charge is 2.24. The average molecular weight is 368 g/mol. The van der Waals surface area contributed by atoms with Crippen molar-refractivity contribution in [3.63, 3.8) is 0 Å². The maximum Gasteiger partial charge on any atom is 0.408 e. The summed E-state index contributed by atoms with van der Waals surface area (Å²) in [5.41, 5.74) is 3.00. The first-order chi connectivity index (χ1) is 12.7. The van der Waals surface area contributed by atoms with Crippen LogP contribution in [0.15, 0.2) is 66.2 Å². The second kappa shape index (κ2) is 8.72. The van der Waals surface area contributed by atoms with Crippen molar-refractivity contribution in [3.8, 4) is 0 Å². The van der Waals surface area contributed by atoms with Gasteiger partial charge in [-0.3, -0.25) is 10.1 Å². The molecule has 0 aliphatic heterocycles. The van der Waals surface area contributed by atoms with E-state index in [9.17, 15) is 9.59 Å². The van der Waals surface area contributed by atoms with Gasteiger partial charge in [-0.2, -0.15) is 0 Å². The summed E-state index contributed by atoms with van der Waals surface area (Å²) in [6.07, 6.45) is -0.685. The summed E-state index contributed by atoms with van der Waals surface area (Å²) < 4.78 is 5.21. The molecule has 3 rings (SSSR count). The molecule has 2 N–H and O–H groups in total. The second-order valence-electron chi connectivity index (χ2n) is 5.28. The Balaban J connectivity index is 1.67. The Hall–Kier alpha value is -3.26. The normalized spacial score (nSPS) is 11.4. The predicted molar refractivity (Wildman–Crippen MR) is 97.5 cm³/mol. The quantitative estimate of drug-likeness (QED) is 0.697.